The predicted molar refractivity (Wildman–Crippen MR) is 94.3 cm³/mol. The number of aromatic nitrogens is 1. The van der Waals surface area contributed by atoms with E-state index in [-0.39, 0.29) is 5.91 Å². The number of furan rings is 1. The third-order valence-corrected chi connectivity index (χ3v) is 5.22. The van der Waals surface area contributed by atoms with E-state index in [1.54, 1.807) is 6.26 Å². The highest BCUT2D eigenvalue weighted by Gasteiger charge is 2.35. The third-order valence-electron chi connectivity index (χ3n) is 5.22. The third kappa shape index (κ3) is 3.00. The Bertz CT molecular complexity index is 715. The average Bonchev–Trinajstić information content (AvgIpc) is 3.23. The van der Waals surface area contributed by atoms with Crippen molar-refractivity contribution in [2.45, 2.75) is 33.4 Å². The van der Waals surface area contributed by atoms with Crippen LogP contribution < -0.4 is 0 Å². The van der Waals surface area contributed by atoms with Crippen molar-refractivity contribution >= 4 is 5.91 Å². The van der Waals surface area contributed by atoms with Gasteiger partial charge < -0.3 is 18.8 Å². The smallest absolute Gasteiger partial charge is 0.255 e. The van der Waals surface area contributed by atoms with E-state index in [4.69, 9.17) is 4.42 Å². The normalized spacial score (nSPS) is 21.0. The SMILES string of the molecule is Cc1cc(C(=O)N2C[C@@H](C)[C@H](N(C)C)C2)c(C)n1Cc1ccco1. The number of likely N-dealkylation sites (N-methyl/N-ethyl adjacent to an activating group) is 1. The van der Waals surface area contributed by atoms with E-state index in [1.807, 2.05) is 36.9 Å². The Morgan fingerprint density at radius 3 is 2.67 bits per heavy atom. The fourth-order valence-corrected chi connectivity index (χ4v) is 3.78. The molecule has 0 aromatic carbocycles. The summed E-state index contributed by atoms with van der Waals surface area (Å²) in [5.74, 6) is 1.54. The molecular weight excluding hydrogens is 302 g/mol. The minimum absolute atomic E-state index is 0.144. The van der Waals surface area contributed by atoms with Crippen LogP contribution >= 0.6 is 0 Å². The highest BCUT2D eigenvalue weighted by molar-refractivity contribution is 5.96. The molecule has 1 saturated heterocycles. The molecule has 0 radical (unpaired) electrons. The molecule has 3 rings (SSSR count). The van der Waals surface area contributed by atoms with Crippen LogP contribution in [0.15, 0.2) is 28.9 Å². The standard InChI is InChI=1S/C19H27N3O2/c1-13-10-21(12-18(13)20(4)5)19(23)17-9-14(2)22(15(17)3)11-16-7-6-8-24-16/h6-9,13,18H,10-12H2,1-5H3/t13-,18-/m1/s1. The minimum Gasteiger partial charge on any atom is -0.467 e. The second kappa shape index (κ2) is 6.48. The van der Waals surface area contributed by atoms with Crippen molar-refractivity contribution in [1.82, 2.24) is 14.4 Å². The maximum Gasteiger partial charge on any atom is 0.255 e. The summed E-state index contributed by atoms with van der Waals surface area (Å²) in [5, 5.41) is 0. The van der Waals surface area contributed by atoms with Crippen LogP contribution in [0.4, 0.5) is 0 Å². The minimum atomic E-state index is 0.144. The first-order valence-corrected chi connectivity index (χ1v) is 8.53. The van der Waals surface area contributed by atoms with Gasteiger partial charge in [0.2, 0.25) is 0 Å². The van der Waals surface area contributed by atoms with E-state index in [2.05, 4.69) is 30.5 Å². The average molecular weight is 329 g/mol. The molecule has 2 aromatic rings. The quantitative estimate of drug-likeness (QED) is 0.866. The van der Waals surface area contributed by atoms with Crippen LogP contribution in [0.2, 0.25) is 0 Å². The molecule has 24 heavy (non-hydrogen) atoms. The Morgan fingerprint density at radius 1 is 1.33 bits per heavy atom. The molecule has 1 amide bonds. The van der Waals surface area contributed by atoms with Gasteiger partial charge in [-0.25, -0.2) is 0 Å². The van der Waals surface area contributed by atoms with E-state index in [0.717, 1.165) is 35.8 Å². The summed E-state index contributed by atoms with van der Waals surface area (Å²) in [6, 6.07) is 6.29. The lowest BCUT2D eigenvalue weighted by Gasteiger charge is -2.22. The zero-order valence-electron chi connectivity index (χ0n) is 15.2. The van der Waals surface area contributed by atoms with E-state index in [1.165, 1.54) is 0 Å². The van der Waals surface area contributed by atoms with Crippen LogP contribution in [0.25, 0.3) is 0 Å². The summed E-state index contributed by atoms with van der Waals surface area (Å²) in [7, 11) is 4.18. The molecule has 0 saturated carbocycles. The fourth-order valence-electron chi connectivity index (χ4n) is 3.78. The Hall–Kier alpha value is -2.01. The summed E-state index contributed by atoms with van der Waals surface area (Å²) in [6.07, 6.45) is 1.68. The predicted octanol–water partition coefficient (Wildman–Crippen LogP) is 2.77. The first-order chi connectivity index (χ1) is 11.4. The molecule has 5 heteroatoms. The van der Waals surface area contributed by atoms with Crippen LogP contribution in [0.3, 0.4) is 0 Å². The number of amides is 1. The Labute approximate surface area is 143 Å². The Balaban J connectivity index is 1.81. The van der Waals surface area contributed by atoms with Crippen molar-refractivity contribution in [1.29, 1.82) is 0 Å². The molecule has 1 fully saturated rings. The fraction of sp³-hybridized carbons (Fsp3) is 0.526. The van der Waals surface area contributed by atoms with Crippen LogP contribution in [0, 0.1) is 19.8 Å². The van der Waals surface area contributed by atoms with Crippen LogP contribution in [-0.4, -0.2) is 53.5 Å². The van der Waals surface area contributed by atoms with Gasteiger partial charge in [0.15, 0.2) is 0 Å². The molecule has 130 valence electrons. The largest absolute Gasteiger partial charge is 0.467 e. The number of rotatable bonds is 4. The number of hydrogen-bond donors (Lipinski definition) is 0. The summed E-state index contributed by atoms with van der Waals surface area (Å²) >= 11 is 0. The van der Waals surface area contributed by atoms with Crippen LogP contribution in [0.1, 0.15) is 34.4 Å². The molecular formula is C19H27N3O2. The number of nitrogens with zero attached hydrogens (tertiary/aromatic N) is 3. The topological polar surface area (TPSA) is 41.6 Å². The number of carbonyl (C=O) groups is 1. The zero-order chi connectivity index (χ0) is 17.4. The Kier molecular flexibility index (Phi) is 4.54. The van der Waals surface area contributed by atoms with E-state index >= 15 is 0 Å². The first kappa shape index (κ1) is 16.8. The molecule has 2 atom stereocenters. The van der Waals surface area contributed by atoms with E-state index < -0.39 is 0 Å². The number of carbonyl (C=O) groups excluding carboxylic acids is 1. The molecule has 0 spiro atoms. The van der Waals surface area contributed by atoms with Gasteiger partial charge in [-0.1, -0.05) is 6.92 Å². The van der Waals surface area contributed by atoms with Gasteiger partial charge in [0.05, 0.1) is 18.4 Å². The van der Waals surface area contributed by atoms with Gasteiger partial charge in [0, 0.05) is 30.5 Å². The molecule has 1 aliphatic rings. The second-order valence-corrected chi connectivity index (χ2v) is 7.17. The van der Waals surface area contributed by atoms with Gasteiger partial charge in [0.1, 0.15) is 5.76 Å². The first-order valence-electron chi connectivity index (χ1n) is 8.53. The molecule has 1 aliphatic heterocycles. The van der Waals surface area contributed by atoms with Crippen LogP contribution in [-0.2, 0) is 6.54 Å². The summed E-state index contributed by atoms with van der Waals surface area (Å²) in [5.41, 5.74) is 2.91. The van der Waals surface area contributed by atoms with Gasteiger partial charge in [0.25, 0.3) is 5.91 Å². The molecule has 0 unspecified atom stereocenters. The van der Waals surface area contributed by atoms with Gasteiger partial charge >= 0.3 is 0 Å². The lowest BCUT2D eigenvalue weighted by molar-refractivity contribution is 0.0780. The zero-order valence-corrected chi connectivity index (χ0v) is 15.2. The second-order valence-electron chi connectivity index (χ2n) is 7.17. The van der Waals surface area contributed by atoms with Crippen molar-refractivity contribution in [3.63, 3.8) is 0 Å². The molecule has 0 N–H and O–H groups in total. The summed E-state index contributed by atoms with van der Waals surface area (Å²) < 4.78 is 7.60. The highest BCUT2D eigenvalue weighted by atomic mass is 16.3. The van der Waals surface area contributed by atoms with Crippen molar-refractivity contribution in [2.24, 2.45) is 5.92 Å². The molecule has 5 nitrogen and oxygen atoms in total. The van der Waals surface area contributed by atoms with Gasteiger partial charge in [-0.15, -0.1) is 0 Å². The molecule has 0 aliphatic carbocycles. The summed E-state index contributed by atoms with van der Waals surface area (Å²) in [6.45, 7) is 8.57. The monoisotopic (exact) mass is 329 g/mol. The van der Waals surface area contributed by atoms with Crippen molar-refractivity contribution in [3.8, 4) is 0 Å². The lowest BCUT2D eigenvalue weighted by atomic mass is 10.1. The highest BCUT2D eigenvalue weighted by Crippen LogP contribution is 2.25. The van der Waals surface area contributed by atoms with E-state index in [0.29, 0.717) is 18.5 Å². The Morgan fingerprint density at radius 2 is 2.08 bits per heavy atom. The van der Waals surface area contributed by atoms with E-state index in [9.17, 15) is 4.79 Å². The lowest BCUT2D eigenvalue weighted by Crippen LogP contribution is -2.35. The maximum atomic E-state index is 13.0. The van der Waals surface area contributed by atoms with Gasteiger partial charge in [-0.2, -0.15) is 0 Å². The number of aryl methyl sites for hydroxylation is 1. The van der Waals surface area contributed by atoms with Gasteiger partial charge in [-0.05, 0) is 52.1 Å². The van der Waals surface area contributed by atoms with Crippen molar-refractivity contribution in [2.75, 3.05) is 27.2 Å². The number of hydrogen-bond acceptors (Lipinski definition) is 3. The van der Waals surface area contributed by atoms with Crippen molar-refractivity contribution in [3.05, 3.63) is 47.2 Å². The molecule has 2 aromatic heterocycles. The number of likely N-dealkylation sites (tertiary alicyclic amines) is 1. The maximum absolute atomic E-state index is 13.0. The van der Waals surface area contributed by atoms with Gasteiger partial charge in [-0.3, -0.25) is 4.79 Å². The molecule has 0 bridgehead atoms. The molecule has 3 heterocycles. The van der Waals surface area contributed by atoms with Crippen LogP contribution in [0.5, 0.6) is 0 Å². The van der Waals surface area contributed by atoms with Crippen molar-refractivity contribution < 1.29 is 9.21 Å². The summed E-state index contributed by atoms with van der Waals surface area (Å²) in [4.78, 5) is 17.2.